The second kappa shape index (κ2) is 11.8. The normalized spacial score (nSPS) is 17.2. The van der Waals surface area contributed by atoms with Crippen LogP contribution in [0.4, 0.5) is 0 Å². The Balaban J connectivity index is 1.51. The third-order valence-electron chi connectivity index (χ3n) is 7.66. The van der Waals surface area contributed by atoms with Gasteiger partial charge in [-0.2, -0.15) is 0 Å². The standard InChI is InChI=1S/C31H32ClN3O3S/c1-34-23-12-14-24(15-13-23)35(31(37)29-28(32)25-5-3-4-6-27(25)39-29)18-22-17-21(11-16-26(22)38-2)19-7-9-20(10-8-19)30(33)36/h3-11,16-17,23-24,34H,12-15,18H2,1-2H3,(H2,33,36). The Morgan fingerprint density at radius 3 is 2.36 bits per heavy atom. The fourth-order valence-electron chi connectivity index (χ4n) is 5.42. The van der Waals surface area contributed by atoms with Crippen LogP contribution < -0.4 is 15.8 Å². The van der Waals surface area contributed by atoms with Gasteiger partial charge in [-0.15, -0.1) is 11.3 Å². The third kappa shape index (κ3) is 5.66. The molecule has 3 N–H and O–H groups in total. The second-order valence-electron chi connectivity index (χ2n) is 9.94. The summed E-state index contributed by atoms with van der Waals surface area (Å²) in [5.74, 6) is 0.211. The summed E-state index contributed by atoms with van der Waals surface area (Å²) in [6.45, 7) is 0.397. The number of amides is 2. The van der Waals surface area contributed by atoms with E-state index in [2.05, 4.69) is 11.4 Å². The summed E-state index contributed by atoms with van der Waals surface area (Å²) in [7, 11) is 3.64. The maximum absolute atomic E-state index is 14.2. The lowest BCUT2D eigenvalue weighted by molar-refractivity contribution is 0.0604. The van der Waals surface area contributed by atoms with Crippen LogP contribution in [-0.4, -0.2) is 43.0 Å². The van der Waals surface area contributed by atoms with Gasteiger partial charge in [0.25, 0.3) is 5.91 Å². The maximum Gasteiger partial charge on any atom is 0.266 e. The van der Waals surface area contributed by atoms with E-state index in [0.29, 0.717) is 28.0 Å². The Morgan fingerprint density at radius 1 is 1.03 bits per heavy atom. The number of nitrogens with two attached hydrogens (primary N) is 1. The number of hydrogen-bond acceptors (Lipinski definition) is 5. The minimum Gasteiger partial charge on any atom is -0.496 e. The van der Waals surface area contributed by atoms with Crippen molar-refractivity contribution in [3.8, 4) is 16.9 Å². The van der Waals surface area contributed by atoms with Gasteiger partial charge in [0.1, 0.15) is 10.6 Å². The van der Waals surface area contributed by atoms with Crippen LogP contribution in [0.25, 0.3) is 21.2 Å². The molecule has 0 radical (unpaired) electrons. The Labute approximate surface area is 237 Å². The van der Waals surface area contributed by atoms with Gasteiger partial charge < -0.3 is 20.7 Å². The number of thiophene rings is 1. The first-order valence-corrected chi connectivity index (χ1v) is 14.3. The highest BCUT2D eigenvalue weighted by Gasteiger charge is 2.32. The van der Waals surface area contributed by atoms with Crippen LogP contribution in [0.15, 0.2) is 66.7 Å². The summed E-state index contributed by atoms with van der Waals surface area (Å²) < 4.78 is 6.74. The SMILES string of the molecule is CNC1CCC(N(Cc2cc(-c3ccc(C(N)=O)cc3)ccc2OC)C(=O)c2sc3ccccc3c2Cl)CC1. The number of primary amides is 1. The number of methoxy groups -OCH3 is 1. The van der Waals surface area contributed by atoms with Crippen LogP contribution in [0.3, 0.4) is 0 Å². The number of nitrogens with one attached hydrogen (secondary N) is 1. The van der Waals surface area contributed by atoms with E-state index < -0.39 is 5.91 Å². The summed E-state index contributed by atoms with van der Waals surface area (Å²) in [5.41, 5.74) is 8.70. The van der Waals surface area contributed by atoms with Crippen LogP contribution in [0.1, 0.15) is 51.3 Å². The number of fused-ring (bicyclic) bond motifs is 1. The Bertz CT molecular complexity index is 1490. The minimum atomic E-state index is -0.459. The Kier molecular flexibility index (Phi) is 8.21. The molecule has 6 nitrogen and oxygen atoms in total. The van der Waals surface area contributed by atoms with Gasteiger partial charge in [-0.1, -0.05) is 48.0 Å². The van der Waals surface area contributed by atoms with E-state index in [1.807, 2.05) is 60.5 Å². The van der Waals surface area contributed by atoms with Crippen LogP contribution in [0.5, 0.6) is 5.75 Å². The summed E-state index contributed by atoms with van der Waals surface area (Å²) in [5, 5.41) is 4.81. The van der Waals surface area contributed by atoms with E-state index in [4.69, 9.17) is 22.1 Å². The third-order valence-corrected chi connectivity index (χ3v) is 9.32. The van der Waals surface area contributed by atoms with Gasteiger partial charge in [-0.25, -0.2) is 0 Å². The molecule has 1 fully saturated rings. The van der Waals surface area contributed by atoms with Crippen LogP contribution in [-0.2, 0) is 6.54 Å². The molecule has 0 spiro atoms. The average Bonchev–Trinajstić information content (AvgIpc) is 3.32. The van der Waals surface area contributed by atoms with E-state index in [-0.39, 0.29) is 11.9 Å². The maximum atomic E-state index is 14.2. The lowest BCUT2D eigenvalue weighted by atomic mass is 9.89. The van der Waals surface area contributed by atoms with Crippen molar-refractivity contribution in [2.45, 2.75) is 44.3 Å². The number of nitrogens with zero attached hydrogens (tertiary/aromatic N) is 1. The number of hydrogen-bond donors (Lipinski definition) is 2. The number of carbonyl (C=O) groups excluding carboxylic acids is 2. The lowest BCUT2D eigenvalue weighted by Gasteiger charge is -2.37. The second-order valence-corrected chi connectivity index (χ2v) is 11.4. The molecule has 2 amide bonds. The van der Waals surface area contributed by atoms with Crippen molar-refractivity contribution in [1.29, 1.82) is 0 Å². The van der Waals surface area contributed by atoms with E-state index in [1.165, 1.54) is 11.3 Å². The summed E-state index contributed by atoms with van der Waals surface area (Å²) >= 11 is 8.23. The highest BCUT2D eigenvalue weighted by molar-refractivity contribution is 7.21. The predicted molar refractivity (Wildman–Crippen MR) is 159 cm³/mol. The molecule has 0 saturated heterocycles. The van der Waals surface area contributed by atoms with Gasteiger partial charge in [-0.05, 0) is 74.2 Å². The number of benzene rings is 3. The molecule has 202 valence electrons. The molecule has 1 aromatic heterocycles. The molecule has 0 bridgehead atoms. The molecule has 1 saturated carbocycles. The zero-order valence-corrected chi connectivity index (χ0v) is 23.6. The number of carbonyl (C=O) groups is 2. The van der Waals surface area contributed by atoms with Crippen molar-refractivity contribution in [1.82, 2.24) is 10.2 Å². The summed E-state index contributed by atoms with van der Waals surface area (Å²) in [6.07, 6.45) is 3.84. The van der Waals surface area contributed by atoms with E-state index in [0.717, 1.165) is 58.2 Å². The van der Waals surface area contributed by atoms with E-state index in [9.17, 15) is 9.59 Å². The molecular formula is C31H32ClN3O3S. The Hall–Kier alpha value is -3.39. The molecule has 0 unspecified atom stereocenters. The van der Waals surface area contributed by atoms with Gasteiger partial charge in [0.05, 0.1) is 12.1 Å². The summed E-state index contributed by atoms with van der Waals surface area (Å²) in [4.78, 5) is 28.3. The molecule has 39 heavy (non-hydrogen) atoms. The van der Waals surface area contributed by atoms with Crippen LogP contribution in [0, 0.1) is 0 Å². The molecule has 1 aliphatic rings. The molecule has 3 aromatic carbocycles. The monoisotopic (exact) mass is 561 g/mol. The highest BCUT2D eigenvalue weighted by atomic mass is 35.5. The molecule has 0 aliphatic heterocycles. The first kappa shape index (κ1) is 27.2. The Morgan fingerprint density at radius 2 is 1.72 bits per heavy atom. The largest absolute Gasteiger partial charge is 0.496 e. The molecular weight excluding hydrogens is 530 g/mol. The van der Waals surface area contributed by atoms with Crippen molar-refractivity contribution in [3.63, 3.8) is 0 Å². The van der Waals surface area contributed by atoms with Crippen molar-refractivity contribution < 1.29 is 14.3 Å². The fraction of sp³-hybridized carbons (Fsp3) is 0.290. The van der Waals surface area contributed by atoms with Crippen molar-refractivity contribution in [2.24, 2.45) is 5.73 Å². The molecule has 4 aromatic rings. The predicted octanol–water partition coefficient (Wildman–Crippen LogP) is 6.50. The fourth-order valence-corrected chi connectivity index (χ4v) is 6.89. The van der Waals surface area contributed by atoms with Crippen LogP contribution in [0.2, 0.25) is 5.02 Å². The van der Waals surface area contributed by atoms with Gasteiger partial charge in [0.2, 0.25) is 5.91 Å². The van der Waals surface area contributed by atoms with Crippen molar-refractivity contribution in [3.05, 3.63) is 87.8 Å². The van der Waals surface area contributed by atoms with E-state index in [1.54, 1.807) is 19.2 Å². The first-order chi connectivity index (χ1) is 18.9. The molecule has 8 heteroatoms. The quantitative estimate of drug-likeness (QED) is 0.257. The molecule has 1 heterocycles. The van der Waals surface area contributed by atoms with Gasteiger partial charge in [0, 0.05) is 39.8 Å². The van der Waals surface area contributed by atoms with Gasteiger partial charge in [-0.3, -0.25) is 9.59 Å². The van der Waals surface area contributed by atoms with Crippen LogP contribution >= 0.6 is 22.9 Å². The smallest absolute Gasteiger partial charge is 0.266 e. The number of rotatable bonds is 8. The van der Waals surface area contributed by atoms with Gasteiger partial charge in [0.15, 0.2) is 0 Å². The van der Waals surface area contributed by atoms with E-state index >= 15 is 0 Å². The minimum absolute atomic E-state index is 0.0487. The first-order valence-electron chi connectivity index (χ1n) is 13.1. The highest BCUT2D eigenvalue weighted by Crippen LogP contribution is 2.38. The van der Waals surface area contributed by atoms with Gasteiger partial charge >= 0.3 is 0 Å². The zero-order valence-electron chi connectivity index (χ0n) is 22.1. The van der Waals surface area contributed by atoms with Crippen molar-refractivity contribution in [2.75, 3.05) is 14.2 Å². The average molecular weight is 562 g/mol. The molecule has 5 rings (SSSR count). The zero-order chi connectivity index (χ0) is 27.5. The number of halogens is 1. The molecule has 1 aliphatic carbocycles. The topological polar surface area (TPSA) is 84.7 Å². The number of ether oxygens (including phenoxy) is 1. The van der Waals surface area contributed by atoms with Crippen molar-refractivity contribution >= 4 is 44.8 Å². The molecule has 0 atom stereocenters. The summed E-state index contributed by atoms with van der Waals surface area (Å²) in [6, 6.07) is 21.6. The lowest BCUT2D eigenvalue weighted by Crippen LogP contribution is -2.44.